The molecule has 0 fully saturated rings. The first-order valence-corrected chi connectivity index (χ1v) is 9.29. The molecule has 0 aliphatic rings. The minimum absolute atomic E-state index is 0.105. The Kier molecular flexibility index (Phi) is 5.57. The van der Waals surface area contributed by atoms with E-state index in [1.165, 1.54) is 29.1 Å². The molecule has 26 heavy (non-hydrogen) atoms. The van der Waals surface area contributed by atoms with Crippen LogP contribution in [0.4, 0.5) is 5.69 Å². The third-order valence-electron chi connectivity index (χ3n) is 3.88. The van der Waals surface area contributed by atoms with Crippen molar-refractivity contribution in [3.63, 3.8) is 0 Å². The predicted octanol–water partition coefficient (Wildman–Crippen LogP) is 2.36. The highest BCUT2D eigenvalue weighted by molar-refractivity contribution is 7.98. The zero-order chi connectivity index (χ0) is 18.5. The minimum Gasteiger partial charge on any atom is -0.323 e. The Hall–Kier alpha value is -2.81. The van der Waals surface area contributed by atoms with Gasteiger partial charge < -0.3 is 5.32 Å². The third-order valence-corrected chi connectivity index (χ3v) is 4.43. The molecule has 0 radical (unpaired) electrons. The monoisotopic (exact) mass is 369 g/mol. The molecule has 1 amide bonds. The lowest BCUT2D eigenvalue weighted by Gasteiger charge is -2.11. The van der Waals surface area contributed by atoms with Crippen molar-refractivity contribution < 1.29 is 4.79 Å². The van der Waals surface area contributed by atoms with Crippen LogP contribution in [0.5, 0.6) is 0 Å². The van der Waals surface area contributed by atoms with Gasteiger partial charge in [-0.2, -0.15) is 5.10 Å². The van der Waals surface area contributed by atoms with Crippen LogP contribution in [0.2, 0.25) is 0 Å². The lowest BCUT2D eigenvalue weighted by Crippen LogP contribution is -2.16. The smallest absolute Gasteiger partial charge is 0.224 e. The average Bonchev–Trinajstić information content (AvgIpc) is 3.15. The molecule has 0 spiro atoms. The van der Waals surface area contributed by atoms with E-state index in [0.717, 1.165) is 22.1 Å². The van der Waals surface area contributed by atoms with Crippen LogP contribution in [0.3, 0.4) is 0 Å². The number of rotatable bonds is 6. The van der Waals surface area contributed by atoms with Gasteiger partial charge in [0.1, 0.15) is 12.7 Å². The van der Waals surface area contributed by atoms with Crippen molar-refractivity contribution >= 4 is 23.4 Å². The molecule has 3 rings (SSSR count). The zero-order valence-electron chi connectivity index (χ0n) is 14.8. The van der Waals surface area contributed by atoms with E-state index in [-0.39, 0.29) is 5.91 Å². The first kappa shape index (κ1) is 18.0. The van der Waals surface area contributed by atoms with Crippen LogP contribution in [0.15, 0.2) is 36.1 Å². The van der Waals surface area contributed by atoms with E-state index >= 15 is 0 Å². The predicted molar refractivity (Wildman–Crippen MR) is 99.4 cm³/mol. The summed E-state index contributed by atoms with van der Waals surface area (Å²) in [5, 5.41) is 7.71. The van der Waals surface area contributed by atoms with E-state index < -0.39 is 0 Å². The maximum atomic E-state index is 12.4. The lowest BCUT2D eigenvalue weighted by molar-refractivity contribution is -0.116. The highest BCUT2D eigenvalue weighted by Crippen LogP contribution is 2.19. The van der Waals surface area contributed by atoms with E-state index in [1.807, 2.05) is 20.1 Å². The number of nitrogens with one attached hydrogen (secondary N) is 1. The molecular weight excluding hydrogens is 350 g/mol. The third kappa shape index (κ3) is 4.05. The Morgan fingerprint density at radius 2 is 2.04 bits per heavy atom. The number of carbonyl (C=O) groups is 1. The Morgan fingerprint density at radius 3 is 2.69 bits per heavy atom. The summed E-state index contributed by atoms with van der Waals surface area (Å²) < 4.78 is 1.51. The summed E-state index contributed by atoms with van der Waals surface area (Å²) in [6, 6.07) is 3.55. The van der Waals surface area contributed by atoms with Gasteiger partial charge in [0.25, 0.3) is 0 Å². The molecule has 0 aliphatic heterocycles. The number of aromatic nitrogens is 6. The Morgan fingerprint density at radius 1 is 1.27 bits per heavy atom. The quantitative estimate of drug-likeness (QED) is 0.526. The van der Waals surface area contributed by atoms with Crippen LogP contribution in [0.25, 0.3) is 5.82 Å². The highest BCUT2D eigenvalue weighted by Gasteiger charge is 2.13. The van der Waals surface area contributed by atoms with Crippen molar-refractivity contribution in [1.82, 2.24) is 29.7 Å². The highest BCUT2D eigenvalue weighted by atomic mass is 32.2. The molecule has 0 saturated carbocycles. The van der Waals surface area contributed by atoms with Crippen molar-refractivity contribution in [3.05, 3.63) is 47.9 Å². The summed E-state index contributed by atoms with van der Waals surface area (Å²) in [6.07, 6.45) is 7.46. The molecule has 1 N–H and O–H groups in total. The normalized spacial score (nSPS) is 10.7. The zero-order valence-corrected chi connectivity index (χ0v) is 15.6. The molecule has 134 valence electrons. The fourth-order valence-electron chi connectivity index (χ4n) is 2.61. The maximum Gasteiger partial charge on any atom is 0.224 e. The van der Waals surface area contributed by atoms with Gasteiger partial charge in [0, 0.05) is 24.0 Å². The Bertz CT molecular complexity index is 888. The number of anilines is 1. The molecular formula is C17H19N7OS. The SMILES string of the molecule is CSc1nc(C)c(CCC(=O)Nc2cccnc2-n2cncn2)c(C)n1. The van der Waals surface area contributed by atoms with Gasteiger partial charge in [-0.25, -0.2) is 24.6 Å². The number of amides is 1. The molecule has 3 heterocycles. The Labute approximate surface area is 155 Å². The summed E-state index contributed by atoms with van der Waals surface area (Å²) in [6.45, 7) is 3.90. The number of carbonyl (C=O) groups excluding carboxylic acids is 1. The fourth-order valence-corrected chi connectivity index (χ4v) is 3.06. The molecule has 0 aliphatic carbocycles. The van der Waals surface area contributed by atoms with Gasteiger partial charge >= 0.3 is 0 Å². The summed E-state index contributed by atoms with van der Waals surface area (Å²) in [7, 11) is 0. The molecule has 3 aromatic rings. The van der Waals surface area contributed by atoms with Crippen molar-refractivity contribution in [1.29, 1.82) is 0 Å². The van der Waals surface area contributed by atoms with Crippen LogP contribution in [0.1, 0.15) is 23.4 Å². The first-order chi connectivity index (χ1) is 12.6. The molecule has 0 bridgehead atoms. The van der Waals surface area contributed by atoms with Crippen LogP contribution >= 0.6 is 11.8 Å². The number of aryl methyl sites for hydroxylation is 2. The number of thioether (sulfide) groups is 1. The van der Waals surface area contributed by atoms with Crippen LogP contribution in [-0.2, 0) is 11.2 Å². The number of nitrogens with zero attached hydrogens (tertiary/aromatic N) is 6. The fraction of sp³-hybridized carbons (Fsp3) is 0.294. The molecule has 8 nitrogen and oxygen atoms in total. The summed E-state index contributed by atoms with van der Waals surface area (Å²) >= 11 is 1.51. The van der Waals surface area contributed by atoms with Gasteiger partial charge in [0.05, 0.1) is 5.69 Å². The van der Waals surface area contributed by atoms with Gasteiger partial charge in [0.2, 0.25) is 5.91 Å². The van der Waals surface area contributed by atoms with Gasteiger partial charge in [0.15, 0.2) is 11.0 Å². The number of hydrogen-bond acceptors (Lipinski definition) is 7. The Balaban J connectivity index is 1.70. The van der Waals surface area contributed by atoms with Crippen molar-refractivity contribution in [2.24, 2.45) is 0 Å². The van der Waals surface area contributed by atoms with E-state index in [9.17, 15) is 4.79 Å². The van der Waals surface area contributed by atoms with Gasteiger partial charge in [-0.1, -0.05) is 11.8 Å². The van der Waals surface area contributed by atoms with Gasteiger partial charge in [-0.15, -0.1) is 0 Å². The number of hydrogen-bond donors (Lipinski definition) is 1. The summed E-state index contributed by atoms with van der Waals surface area (Å²) in [5.41, 5.74) is 3.43. The molecule has 0 aromatic carbocycles. The summed E-state index contributed by atoms with van der Waals surface area (Å²) in [5.74, 6) is 0.422. The van der Waals surface area contributed by atoms with E-state index in [0.29, 0.717) is 24.3 Å². The van der Waals surface area contributed by atoms with Crippen LogP contribution in [-0.4, -0.2) is 41.9 Å². The molecule has 3 aromatic heterocycles. The second-order valence-electron chi connectivity index (χ2n) is 5.62. The molecule has 9 heteroatoms. The largest absolute Gasteiger partial charge is 0.323 e. The van der Waals surface area contributed by atoms with Crippen molar-refractivity contribution in [2.45, 2.75) is 31.8 Å². The van der Waals surface area contributed by atoms with Crippen molar-refractivity contribution in [3.8, 4) is 5.82 Å². The van der Waals surface area contributed by atoms with Crippen LogP contribution < -0.4 is 5.32 Å². The van der Waals surface area contributed by atoms with E-state index in [4.69, 9.17) is 0 Å². The number of pyridine rings is 1. The van der Waals surface area contributed by atoms with Crippen LogP contribution in [0, 0.1) is 13.8 Å². The molecule has 0 atom stereocenters. The van der Waals surface area contributed by atoms with Gasteiger partial charge in [-0.3, -0.25) is 4.79 Å². The topological polar surface area (TPSA) is 98.5 Å². The van der Waals surface area contributed by atoms with Crippen molar-refractivity contribution in [2.75, 3.05) is 11.6 Å². The van der Waals surface area contributed by atoms with Gasteiger partial charge in [-0.05, 0) is 44.2 Å². The second-order valence-corrected chi connectivity index (χ2v) is 6.40. The standard InChI is InChI=1S/C17H19N7OS/c1-11-13(12(2)22-17(21-11)26-3)6-7-15(25)23-14-5-4-8-19-16(14)24-10-18-9-20-24/h4-5,8-10H,6-7H2,1-3H3,(H,23,25). The van der Waals surface area contributed by atoms with E-state index in [2.05, 4.69) is 30.4 Å². The molecule has 0 saturated heterocycles. The maximum absolute atomic E-state index is 12.4. The van der Waals surface area contributed by atoms with E-state index in [1.54, 1.807) is 18.3 Å². The minimum atomic E-state index is -0.105. The molecule has 0 unspecified atom stereocenters. The second kappa shape index (κ2) is 8.05. The lowest BCUT2D eigenvalue weighted by atomic mass is 10.1. The average molecular weight is 369 g/mol. The first-order valence-electron chi connectivity index (χ1n) is 8.06. The summed E-state index contributed by atoms with van der Waals surface area (Å²) in [4.78, 5) is 29.5.